The normalized spacial score (nSPS) is 23.5. The maximum absolute atomic E-state index is 12.6. The maximum atomic E-state index is 12.6. The van der Waals surface area contributed by atoms with Gasteiger partial charge in [-0.2, -0.15) is 4.31 Å². The van der Waals surface area contributed by atoms with Gasteiger partial charge in [0.25, 0.3) is 10.0 Å². The van der Waals surface area contributed by atoms with Crippen LogP contribution in [0.15, 0.2) is 11.2 Å². The van der Waals surface area contributed by atoms with Crippen LogP contribution in [0.4, 0.5) is 0 Å². The highest BCUT2D eigenvalue weighted by molar-refractivity contribution is 7.89. The fourth-order valence-corrected chi connectivity index (χ4v) is 4.36. The summed E-state index contributed by atoms with van der Waals surface area (Å²) in [6.45, 7) is 2.33. The minimum Gasteiger partial charge on any atom is -0.326 e. The monoisotopic (exact) mass is 306 g/mol. The van der Waals surface area contributed by atoms with Gasteiger partial charge in [0.2, 0.25) is 5.28 Å². The fourth-order valence-electron chi connectivity index (χ4n) is 2.42. The van der Waals surface area contributed by atoms with Crippen LogP contribution in [0, 0.1) is 0 Å². The molecule has 0 radical (unpaired) electrons. The Morgan fingerprint density at radius 1 is 1.53 bits per heavy atom. The molecule has 2 rings (SSSR count). The summed E-state index contributed by atoms with van der Waals surface area (Å²) in [6.07, 6.45) is 4.08. The molecule has 0 aliphatic carbocycles. The lowest BCUT2D eigenvalue weighted by Gasteiger charge is -2.36. The number of nitrogens with two attached hydrogens (primary N) is 1. The van der Waals surface area contributed by atoms with Crippen LogP contribution in [-0.4, -0.2) is 40.9 Å². The van der Waals surface area contributed by atoms with Crippen molar-refractivity contribution in [3.63, 3.8) is 0 Å². The molecule has 0 saturated carbocycles. The van der Waals surface area contributed by atoms with Crippen LogP contribution in [0.2, 0.25) is 5.28 Å². The van der Waals surface area contributed by atoms with Gasteiger partial charge in [-0.15, -0.1) is 0 Å². The van der Waals surface area contributed by atoms with Crippen molar-refractivity contribution in [2.75, 3.05) is 6.54 Å². The molecule has 1 aliphatic heterocycles. The Labute approximate surface area is 118 Å². The third-order valence-corrected chi connectivity index (χ3v) is 5.62. The summed E-state index contributed by atoms with van der Waals surface area (Å²) in [4.78, 5) is 3.91. The van der Waals surface area contributed by atoms with E-state index in [2.05, 4.69) is 4.98 Å². The minimum atomic E-state index is -3.62. The standard InChI is InChI=1S/C11H19ClN4O2S/c1-8(13)9-5-3-4-6-16(9)19(17,18)10-7-15(2)11(12)14-10/h7-9H,3-6,13H2,1-2H3/t8-,9+/m1/s1. The first-order valence-corrected chi connectivity index (χ1v) is 8.12. The number of hydrogen-bond donors (Lipinski definition) is 1. The summed E-state index contributed by atoms with van der Waals surface area (Å²) in [5.74, 6) is 0. The van der Waals surface area contributed by atoms with E-state index in [4.69, 9.17) is 17.3 Å². The Balaban J connectivity index is 2.37. The average Bonchev–Trinajstić information content (AvgIpc) is 2.70. The van der Waals surface area contributed by atoms with Gasteiger partial charge in [-0.1, -0.05) is 6.42 Å². The molecule has 2 N–H and O–H groups in total. The van der Waals surface area contributed by atoms with Crippen molar-refractivity contribution in [2.45, 2.75) is 43.3 Å². The average molecular weight is 307 g/mol. The zero-order valence-electron chi connectivity index (χ0n) is 11.1. The number of aromatic nitrogens is 2. The molecule has 2 atom stereocenters. The molecule has 0 amide bonds. The van der Waals surface area contributed by atoms with Crippen LogP contribution < -0.4 is 5.73 Å². The lowest BCUT2D eigenvalue weighted by atomic mass is 10.00. The fraction of sp³-hybridized carbons (Fsp3) is 0.727. The van der Waals surface area contributed by atoms with Crippen molar-refractivity contribution in [3.8, 4) is 0 Å². The molecule has 108 valence electrons. The van der Waals surface area contributed by atoms with E-state index >= 15 is 0 Å². The highest BCUT2D eigenvalue weighted by Crippen LogP contribution is 2.26. The Morgan fingerprint density at radius 2 is 2.21 bits per heavy atom. The molecule has 0 aromatic carbocycles. The van der Waals surface area contributed by atoms with Crippen molar-refractivity contribution in [2.24, 2.45) is 12.8 Å². The van der Waals surface area contributed by atoms with Crippen molar-refractivity contribution < 1.29 is 8.42 Å². The van der Waals surface area contributed by atoms with E-state index in [-0.39, 0.29) is 22.4 Å². The molecular formula is C11H19ClN4O2S. The molecule has 19 heavy (non-hydrogen) atoms. The molecule has 0 unspecified atom stereocenters. The van der Waals surface area contributed by atoms with Crippen molar-refractivity contribution >= 4 is 21.6 Å². The molecular weight excluding hydrogens is 288 g/mol. The van der Waals surface area contributed by atoms with Crippen molar-refractivity contribution in [1.82, 2.24) is 13.9 Å². The smallest absolute Gasteiger partial charge is 0.262 e. The predicted octanol–water partition coefficient (Wildman–Crippen LogP) is 0.964. The van der Waals surface area contributed by atoms with Gasteiger partial charge in [0.15, 0.2) is 5.03 Å². The number of imidazole rings is 1. The summed E-state index contributed by atoms with van der Waals surface area (Å²) in [5.41, 5.74) is 5.91. The first-order chi connectivity index (χ1) is 8.84. The maximum Gasteiger partial charge on any atom is 0.262 e. The number of nitrogens with zero attached hydrogens (tertiary/aromatic N) is 3. The quantitative estimate of drug-likeness (QED) is 0.902. The second kappa shape index (κ2) is 5.40. The highest BCUT2D eigenvalue weighted by Gasteiger charge is 2.36. The molecule has 0 bridgehead atoms. The summed E-state index contributed by atoms with van der Waals surface area (Å²) >= 11 is 5.82. The molecule has 1 fully saturated rings. The lowest BCUT2D eigenvalue weighted by molar-refractivity contribution is 0.227. The van der Waals surface area contributed by atoms with Gasteiger partial charge in [-0.05, 0) is 31.4 Å². The number of hydrogen-bond acceptors (Lipinski definition) is 4. The Morgan fingerprint density at radius 3 is 2.74 bits per heavy atom. The Bertz CT molecular complexity index is 536. The predicted molar refractivity (Wildman–Crippen MR) is 73.4 cm³/mol. The zero-order chi connectivity index (χ0) is 14.2. The van der Waals surface area contributed by atoms with Crippen LogP contribution in [0.1, 0.15) is 26.2 Å². The minimum absolute atomic E-state index is 0.00690. The Hall–Kier alpha value is -0.630. The van der Waals surface area contributed by atoms with E-state index < -0.39 is 10.0 Å². The van der Waals surface area contributed by atoms with Crippen LogP contribution in [-0.2, 0) is 17.1 Å². The number of aryl methyl sites for hydroxylation is 1. The molecule has 1 aromatic rings. The largest absolute Gasteiger partial charge is 0.326 e. The zero-order valence-corrected chi connectivity index (χ0v) is 12.7. The molecule has 8 heteroatoms. The molecule has 0 spiro atoms. The van der Waals surface area contributed by atoms with E-state index in [0.29, 0.717) is 6.54 Å². The van der Waals surface area contributed by atoms with E-state index in [1.165, 1.54) is 15.1 Å². The van der Waals surface area contributed by atoms with Crippen molar-refractivity contribution in [1.29, 1.82) is 0 Å². The van der Waals surface area contributed by atoms with Crippen LogP contribution in [0.3, 0.4) is 0 Å². The van der Waals surface area contributed by atoms with Crippen LogP contribution >= 0.6 is 11.6 Å². The van der Waals surface area contributed by atoms with Gasteiger partial charge >= 0.3 is 0 Å². The van der Waals surface area contributed by atoms with Gasteiger partial charge in [-0.25, -0.2) is 13.4 Å². The second-order valence-corrected chi connectivity index (χ2v) is 7.17. The first kappa shape index (κ1) is 14.8. The summed E-state index contributed by atoms with van der Waals surface area (Å²) < 4.78 is 28.2. The number of halogens is 1. The third-order valence-electron chi connectivity index (χ3n) is 3.48. The van der Waals surface area contributed by atoms with Gasteiger partial charge in [0.1, 0.15) is 0 Å². The van der Waals surface area contributed by atoms with Crippen LogP contribution in [0.5, 0.6) is 0 Å². The number of piperidine rings is 1. The molecule has 1 saturated heterocycles. The van der Waals surface area contributed by atoms with E-state index in [0.717, 1.165) is 19.3 Å². The van der Waals surface area contributed by atoms with Gasteiger partial charge < -0.3 is 10.3 Å². The third kappa shape index (κ3) is 2.79. The number of rotatable bonds is 3. The molecule has 1 aromatic heterocycles. The van der Waals surface area contributed by atoms with Gasteiger partial charge in [0.05, 0.1) is 0 Å². The van der Waals surface area contributed by atoms with Crippen LogP contribution in [0.25, 0.3) is 0 Å². The summed E-state index contributed by atoms with van der Waals surface area (Å²) in [7, 11) is -1.96. The van der Waals surface area contributed by atoms with E-state index in [9.17, 15) is 8.42 Å². The summed E-state index contributed by atoms with van der Waals surface area (Å²) in [6, 6.07) is -0.367. The first-order valence-electron chi connectivity index (χ1n) is 6.30. The molecule has 6 nitrogen and oxygen atoms in total. The second-order valence-electron chi connectivity index (χ2n) is 5.00. The van der Waals surface area contributed by atoms with Gasteiger partial charge in [-0.3, -0.25) is 0 Å². The van der Waals surface area contributed by atoms with E-state index in [1.54, 1.807) is 7.05 Å². The highest BCUT2D eigenvalue weighted by atomic mass is 35.5. The van der Waals surface area contributed by atoms with Gasteiger partial charge in [0, 0.05) is 31.9 Å². The SMILES string of the molecule is C[C@@H](N)[C@@H]1CCCCN1S(=O)(=O)c1cn(C)c(Cl)n1. The van der Waals surface area contributed by atoms with Crippen molar-refractivity contribution in [3.05, 3.63) is 11.5 Å². The van der Waals surface area contributed by atoms with E-state index in [1.807, 2.05) is 6.92 Å². The number of sulfonamides is 1. The lowest BCUT2D eigenvalue weighted by Crippen LogP contribution is -2.51. The molecule has 2 heterocycles. The Kier molecular flexibility index (Phi) is 4.20. The molecule has 1 aliphatic rings. The summed E-state index contributed by atoms with van der Waals surface area (Å²) in [5, 5.41) is 0.153. The topological polar surface area (TPSA) is 81.2 Å².